The Balaban J connectivity index is 2.14. The van der Waals surface area contributed by atoms with Gasteiger partial charge in [-0.15, -0.1) is 0 Å². The summed E-state index contributed by atoms with van der Waals surface area (Å²) in [6.45, 7) is 6.02. The molecule has 1 saturated heterocycles. The highest BCUT2D eigenvalue weighted by Crippen LogP contribution is 2.33. The van der Waals surface area contributed by atoms with Gasteiger partial charge in [0.2, 0.25) is 11.8 Å². The number of nitrogens with one attached hydrogen (secondary N) is 1. The van der Waals surface area contributed by atoms with Gasteiger partial charge in [0.1, 0.15) is 11.3 Å². The van der Waals surface area contributed by atoms with Crippen molar-refractivity contribution < 1.29 is 23.9 Å². The van der Waals surface area contributed by atoms with Gasteiger partial charge in [-0.25, -0.2) is 4.79 Å². The van der Waals surface area contributed by atoms with Crippen molar-refractivity contribution in [2.75, 3.05) is 25.2 Å². The molecule has 1 aliphatic rings. The summed E-state index contributed by atoms with van der Waals surface area (Å²) >= 11 is 0. The second-order valence-corrected chi connectivity index (χ2v) is 6.47. The summed E-state index contributed by atoms with van der Waals surface area (Å²) in [6.07, 6.45) is 0.482. The minimum absolute atomic E-state index is 0.0905. The maximum Gasteiger partial charge on any atom is 0.331 e. The number of rotatable bonds is 7. The molecule has 0 saturated carbocycles. The molecule has 1 N–H and O–H groups in total. The van der Waals surface area contributed by atoms with E-state index in [0.717, 1.165) is 0 Å². The van der Waals surface area contributed by atoms with E-state index in [9.17, 15) is 14.4 Å². The van der Waals surface area contributed by atoms with Gasteiger partial charge in [-0.3, -0.25) is 9.59 Å². The normalized spacial score (nSPS) is 19.0. The number of methoxy groups -OCH3 is 1. The Morgan fingerprint density at radius 2 is 2.00 bits per heavy atom. The molecule has 7 heteroatoms. The van der Waals surface area contributed by atoms with Crippen LogP contribution in [0.4, 0.5) is 5.69 Å². The Hall–Kier alpha value is -2.57. The molecule has 0 radical (unpaired) electrons. The number of carbonyl (C=O) groups excluding carboxylic acids is 3. The summed E-state index contributed by atoms with van der Waals surface area (Å²) in [5, 5.41) is 2.74. The molecule has 2 rings (SSSR count). The lowest BCUT2D eigenvalue weighted by atomic mass is 9.97. The van der Waals surface area contributed by atoms with Crippen LogP contribution in [-0.4, -0.2) is 43.6 Å². The predicted molar refractivity (Wildman–Crippen MR) is 96.9 cm³/mol. The highest BCUT2D eigenvalue weighted by molar-refractivity contribution is 6.02. The summed E-state index contributed by atoms with van der Waals surface area (Å²) in [5.74, 6) is -0.903. The number of para-hydroxylation sites is 2. The first-order valence-corrected chi connectivity index (χ1v) is 8.78. The van der Waals surface area contributed by atoms with Gasteiger partial charge in [-0.1, -0.05) is 19.1 Å². The topological polar surface area (TPSA) is 84.9 Å². The zero-order valence-electron chi connectivity index (χ0n) is 15.7. The van der Waals surface area contributed by atoms with Crippen LogP contribution >= 0.6 is 0 Å². The molecule has 7 nitrogen and oxygen atoms in total. The molecule has 1 aromatic carbocycles. The highest BCUT2D eigenvalue weighted by atomic mass is 16.5. The number of amides is 2. The monoisotopic (exact) mass is 362 g/mol. The standard InChI is InChI=1S/C19H26N2O5/c1-5-19(3,18(24)25-4)20-17(23)13-11-16(22)21(12-13)14-9-7-8-10-15(14)26-6-2/h7-10,13H,5-6,11-12H2,1-4H3,(H,20,23). The van der Waals surface area contributed by atoms with Crippen LogP contribution in [-0.2, 0) is 19.1 Å². The second kappa shape index (κ2) is 8.21. The molecule has 1 heterocycles. The first-order valence-electron chi connectivity index (χ1n) is 8.78. The molecule has 1 aliphatic heterocycles. The molecule has 2 amide bonds. The van der Waals surface area contributed by atoms with E-state index >= 15 is 0 Å². The largest absolute Gasteiger partial charge is 0.492 e. The SMILES string of the molecule is CCOc1ccccc1N1CC(C(=O)NC(C)(CC)C(=O)OC)CC1=O. The average molecular weight is 362 g/mol. The lowest BCUT2D eigenvalue weighted by Gasteiger charge is -2.28. The molecule has 142 valence electrons. The van der Waals surface area contributed by atoms with Crippen molar-refractivity contribution in [1.29, 1.82) is 0 Å². The van der Waals surface area contributed by atoms with Gasteiger partial charge in [0.15, 0.2) is 0 Å². The number of nitrogens with zero attached hydrogens (tertiary/aromatic N) is 1. The number of hydrogen-bond donors (Lipinski definition) is 1. The zero-order valence-corrected chi connectivity index (χ0v) is 15.7. The molecule has 2 unspecified atom stereocenters. The Morgan fingerprint density at radius 3 is 2.62 bits per heavy atom. The molecule has 0 spiro atoms. The van der Waals surface area contributed by atoms with E-state index in [2.05, 4.69) is 5.32 Å². The van der Waals surface area contributed by atoms with E-state index in [-0.39, 0.29) is 24.8 Å². The molecule has 1 fully saturated rings. The minimum atomic E-state index is -1.11. The zero-order chi connectivity index (χ0) is 19.3. The fourth-order valence-corrected chi connectivity index (χ4v) is 2.96. The van der Waals surface area contributed by atoms with Gasteiger partial charge < -0.3 is 19.7 Å². The third-order valence-corrected chi connectivity index (χ3v) is 4.69. The lowest BCUT2D eigenvalue weighted by molar-refractivity contribution is -0.150. The average Bonchev–Trinajstić information content (AvgIpc) is 3.03. The van der Waals surface area contributed by atoms with Crippen molar-refractivity contribution in [2.24, 2.45) is 5.92 Å². The fourth-order valence-electron chi connectivity index (χ4n) is 2.96. The van der Waals surface area contributed by atoms with Crippen LogP contribution in [0.3, 0.4) is 0 Å². The van der Waals surface area contributed by atoms with Crippen LogP contribution in [0.1, 0.15) is 33.6 Å². The number of anilines is 1. The van der Waals surface area contributed by atoms with Gasteiger partial charge >= 0.3 is 5.97 Å². The third-order valence-electron chi connectivity index (χ3n) is 4.69. The van der Waals surface area contributed by atoms with E-state index in [4.69, 9.17) is 9.47 Å². The lowest BCUT2D eigenvalue weighted by Crippen LogP contribution is -2.54. The summed E-state index contributed by atoms with van der Waals surface area (Å²) in [7, 11) is 1.29. The molecule has 0 aromatic heterocycles. The molecular formula is C19H26N2O5. The number of carbonyl (C=O) groups is 3. The van der Waals surface area contributed by atoms with E-state index < -0.39 is 17.4 Å². The molecule has 0 bridgehead atoms. The number of hydrogen-bond acceptors (Lipinski definition) is 5. The van der Waals surface area contributed by atoms with Gasteiger partial charge in [0.05, 0.1) is 25.3 Å². The van der Waals surface area contributed by atoms with Gasteiger partial charge in [0.25, 0.3) is 0 Å². The second-order valence-electron chi connectivity index (χ2n) is 6.47. The fraction of sp³-hybridized carbons (Fsp3) is 0.526. The van der Waals surface area contributed by atoms with Crippen molar-refractivity contribution in [3.63, 3.8) is 0 Å². The Bertz CT molecular complexity index is 690. The maximum atomic E-state index is 12.6. The highest BCUT2D eigenvalue weighted by Gasteiger charge is 2.41. The third kappa shape index (κ3) is 3.98. The quantitative estimate of drug-likeness (QED) is 0.749. The van der Waals surface area contributed by atoms with Crippen molar-refractivity contribution in [2.45, 2.75) is 39.2 Å². The number of benzene rings is 1. The predicted octanol–water partition coefficient (Wildman–Crippen LogP) is 1.90. The number of ether oxygens (including phenoxy) is 2. The molecule has 2 atom stereocenters. The van der Waals surface area contributed by atoms with Crippen LogP contribution < -0.4 is 15.0 Å². The minimum Gasteiger partial charge on any atom is -0.492 e. The van der Waals surface area contributed by atoms with E-state index in [0.29, 0.717) is 24.5 Å². The summed E-state index contributed by atoms with van der Waals surface area (Å²) in [6, 6.07) is 7.25. The van der Waals surface area contributed by atoms with Crippen LogP contribution in [0.15, 0.2) is 24.3 Å². The van der Waals surface area contributed by atoms with Gasteiger partial charge in [-0.05, 0) is 32.4 Å². The van der Waals surface area contributed by atoms with Crippen molar-refractivity contribution in [3.05, 3.63) is 24.3 Å². The van der Waals surface area contributed by atoms with Crippen LogP contribution in [0, 0.1) is 5.92 Å². The van der Waals surface area contributed by atoms with Crippen LogP contribution in [0.2, 0.25) is 0 Å². The molecule has 26 heavy (non-hydrogen) atoms. The van der Waals surface area contributed by atoms with E-state index in [1.165, 1.54) is 7.11 Å². The number of esters is 1. The Morgan fingerprint density at radius 1 is 1.31 bits per heavy atom. The van der Waals surface area contributed by atoms with Crippen molar-refractivity contribution in [1.82, 2.24) is 5.32 Å². The van der Waals surface area contributed by atoms with Crippen LogP contribution in [0.25, 0.3) is 0 Å². The van der Waals surface area contributed by atoms with Crippen molar-refractivity contribution in [3.8, 4) is 5.75 Å². The van der Waals surface area contributed by atoms with Crippen molar-refractivity contribution >= 4 is 23.5 Å². The Labute approximate surface area is 153 Å². The first-order chi connectivity index (χ1) is 12.4. The van der Waals surface area contributed by atoms with Gasteiger partial charge in [0, 0.05) is 13.0 Å². The maximum absolute atomic E-state index is 12.6. The molecule has 1 aromatic rings. The molecule has 0 aliphatic carbocycles. The summed E-state index contributed by atoms with van der Waals surface area (Å²) in [4.78, 5) is 38.6. The van der Waals surface area contributed by atoms with E-state index in [1.807, 2.05) is 19.1 Å². The first kappa shape index (κ1) is 19.8. The summed E-state index contributed by atoms with van der Waals surface area (Å²) in [5.41, 5.74) is -0.452. The Kier molecular flexibility index (Phi) is 6.23. The van der Waals surface area contributed by atoms with Crippen LogP contribution in [0.5, 0.6) is 5.75 Å². The summed E-state index contributed by atoms with van der Waals surface area (Å²) < 4.78 is 10.4. The van der Waals surface area contributed by atoms with E-state index in [1.54, 1.807) is 30.9 Å². The van der Waals surface area contributed by atoms with Gasteiger partial charge in [-0.2, -0.15) is 0 Å². The molecular weight excluding hydrogens is 336 g/mol. The smallest absolute Gasteiger partial charge is 0.331 e.